The first-order chi connectivity index (χ1) is 26.2. The summed E-state index contributed by atoms with van der Waals surface area (Å²) < 4.78 is 41.4. The smallest absolute Gasteiger partial charge is 0.414 e. The van der Waals surface area contributed by atoms with Crippen LogP contribution in [-0.2, 0) is 11.2 Å². The molecule has 2 aliphatic heterocycles. The number of hydrogen-bond donors (Lipinski definition) is 3. The van der Waals surface area contributed by atoms with Crippen LogP contribution in [0.15, 0.2) is 28.5 Å². The molecule has 55 heavy (non-hydrogen) atoms. The maximum absolute atomic E-state index is 17.6. The van der Waals surface area contributed by atoms with Gasteiger partial charge in [0.05, 0.1) is 30.5 Å². The number of Topliss-reactive ketones (excluding diaryl/α,β-unsaturated/α-hetero) is 2. The second-order valence-corrected chi connectivity index (χ2v) is 16.6. The van der Waals surface area contributed by atoms with Crippen molar-refractivity contribution in [2.45, 2.75) is 103 Å². The quantitative estimate of drug-likeness (QED) is 0.167. The van der Waals surface area contributed by atoms with Gasteiger partial charge in [0, 0.05) is 41.7 Å². The van der Waals surface area contributed by atoms with Crippen LogP contribution in [-0.4, -0.2) is 89.0 Å². The second-order valence-electron chi connectivity index (χ2n) is 16.6. The highest BCUT2D eigenvalue weighted by Gasteiger charge is 2.64. The Hall–Kier alpha value is -4.27. The van der Waals surface area contributed by atoms with Crippen LogP contribution in [0.25, 0.3) is 0 Å². The lowest BCUT2D eigenvalue weighted by molar-refractivity contribution is -0.0401. The van der Waals surface area contributed by atoms with Crippen molar-refractivity contribution in [1.29, 1.82) is 0 Å². The van der Waals surface area contributed by atoms with E-state index in [0.717, 1.165) is 19.3 Å². The van der Waals surface area contributed by atoms with Crippen molar-refractivity contribution in [3.63, 3.8) is 0 Å². The first kappa shape index (κ1) is 39.0. The van der Waals surface area contributed by atoms with Crippen molar-refractivity contribution in [3.05, 3.63) is 57.8 Å². The summed E-state index contributed by atoms with van der Waals surface area (Å²) in [5.74, 6) is -4.91. The Labute approximate surface area is 320 Å². The summed E-state index contributed by atoms with van der Waals surface area (Å²) in [7, 11) is 1.93. The number of carbonyl (C=O) groups excluding carboxylic acids is 3. The number of aliphatic hydroxyl groups excluding tert-OH is 1. The fraction of sp³-hybridized carbons (Fsp3) is 0.610. The topological polar surface area (TPSA) is 164 Å². The summed E-state index contributed by atoms with van der Waals surface area (Å²) in [6.45, 7) is 14.6. The summed E-state index contributed by atoms with van der Waals surface area (Å²) in [5.41, 5.74) is -3.32. The number of anilines is 1. The molecule has 1 aromatic carbocycles. The zero-order valence-electron chi connectivity index (χ0n) is 32.6. The molecule has 3 aliphatic carbocycles. The summed E-state index contributed by atoms with van der Waals surface area (Å²) in [5, 5.41) is 32.0. The zero-order chi connectivity index (χ0) is 39.6. The highest BCUT2D eigenvalue weighted by Crippen LogP contribution is 2.58. The van der Waals surface area contributed by atoms with Crippen molar-refractivity contribution in [2.24, 2.45) is 17.8 Å². The molecule has 0 spiro atoms. The number of benzene rings is 1. The third-order valence-electron chi connectivity index (χ3n) is 11.8. The molecule has 1 saturated heterocycles. The molecule has 298 valence electrons. The van der Waals surface area contributed by atoms with Gasteiger partial charge in [-0.1, -0.05) is 32.8 Å². The van der Waals surface area contributed by atoms with Crippen LogP contribution in [0.4, 0.5) is 14.9 Å². The van der Waals surface area contributed by atoms with E-state index in [-0.39, 0.29) is 102 Å². The number of rotatable bonds is 11. The summed E-state index contributed by atoms with van der Waals surface area (Å²) in [6, 6.07) is -1.23. The molecule has 3 heterocycles. The molecule has 0 bridgehead atoms. The third-order valence-corrected chi connectivity index (χ3v) is 11.8. The highest BCUT2D eigenvalue weighted by molar-refractivity contribution is 6.17. The third kappa shape index (κ3) is 6.24. The van der Waals surface area contributed by atoms with Gasteiger partial charge < -0.3 is 34.3 Å². The molecule has 5 aliphatic rings. The molecule has 0 saturated carbocycles. The molecular formula is C41H53FN4O9. The minimum absolute atomic E-state index is 0.0202. The number of ether oxygens (including phenoxy) is 3. The van der Waals surface area contributed by atoms with Gasteiger partial charge in [-0.25, -0.2) is 9.18 Å². The van der Waals surface area contributed by atoms with E-state index in [1.807, 2.05) is 20.9 Å². The number of unbranched alkanes of at least 4 members (excludes halogenated alkanes) is 2. The molecule has 13 nitrogen and oxygen atoms in total. The van der Waals surface area contributed by atoms with E-state index < -0.39 is 58.3 Å². The number of halogens is 1. The van der Waals surface area contributed by atoms with Crippen LogP contribution in [0, 0.1) is 23.6 Å². The fourth-order valence-electron chi connectivity index (χ4n) is 9.29. The number of aromatic nitrogens is 1. The molecule has 14 heteroatoms. The summed E-state index contributed by atoms with van der Waals surface area (Å²) >= 11 is 0. The van der Waals surface area contributed by atoms with Gasteiger partial charge >= 0.3 is 6.09 Å². The van der Waals surface area contributed by atoms with Crippen LogP contribution in [0.5, 0.6) is 11.6 Å². The number of ketones is 2. The van der Waals surface area contributed by atoms with Gasteiger partial charge in [-0.05, 0) is 83.5 Å². The molecular weight excluding hydrogens is 711 g/mol. The van der Waals surface area contributed by atoms with E-state index in [4.69, 9.17) is 18.7 Å². The lowest BCUT2D eigenvalue weighted by Gasteiger charge is -2.48. The number of hydrogen-bond acceptors (Lipinski definition) is 12. The predicted molar refractivity (Wildman–Crippen MR) is 200 cm³/mol. The first-order valence-electron chi connectivity index (χ1n) is 19.6. The average molecular weight is 765 g/mol. The Bertz CT molecular complexity index is 1930. The fourth-order valence-corrected chi connectivity index (χ4v) is 9.29. The van der Waals surface area contributed by atoms with Crippen molar-refractivity contribution in [3.8, 4) is 11.6 Å². The van der Waals surface area contributed by atoms with Gasteiger partial charge in [-0.2, -0.15) is 0 Å². The predicted octanol–water partition coefficient (Wildman–Crippen LogP) is 6.55. The molecule has 0 radical (unpaired) electrons. The normalized spacial score (nSPS) is 27.1. The van der Waals surface area contributed by atoms with Crippen molar-refractivity contribution >= 4 is 23.3 Å². The van der Waals surface area contributed by atoms with Crippen LogP contribution in [0.2, 0.25) is 0 Å². The maximum Gasteiger partial charge on any atom is 0.414 e. The number of nitrogens with zero attached hydrogens (tertiary/aromatic N) is 3. The molecule has 2 aromatic rings. The first-order valence-corrected chi connectivity index (χ1v) is 19.6. The minimum Gasteiger partial charge on any atom is -0.508 e. The van der Waals surface area contributed by atoms with Crippen LogP contribution in [0.1, 0.15) is 123 Å². The molecule has 6 atom stereocenters. The lowest BCUT2D eigenvalue weighted by atomic mass is 9.58. The van der Waals surface area contributed by atoms with E-state index in [2.05, 4.69) is 22.0 Å². The van der Waals surface area contributed by atoms with Crippen LogP contribution >= 0.6 is 0 Å². The van der Waals surface area contributed by atoms with E-state index in [9.17, 15) is 19.8 Å². The van der Waals surface area contributed by atoms with Gasteiger partial charge in [0.1, 0.15) is 22.7 Å². The van der Waals surface area contributed by atoms with E-state index in [1.54, 1.807) is 26.8 Å². The largest absolute Gasteiger partial charge is 0.508 e. The molecule has 3 N–H and O–H groups in total. The maximum atomic E-state index is 17.6. The molecule has 1 fully saturated rings. The number of allylic oxidation sites excluding steroid dienone is 1. The number of amides is 1. The number of likely N-dealkylation sites (tertiary alicyclic amines) is 1. The highest BCUT2D eigenvalue weighted by atomic mass is 19.1. The average Bonchev–Trinajstić information content (AvgIpc) is 3.73. The number of nitrogens with one attached hydrogen (secondary N) is 1. The summed E-state index contributed by atoms with van der Waals surface area (Å²) in [4.78, 5) is 47.0. The standard InChI is InChI=1S/C41H53FN4O9/c1-8-11-16-52-35-26-23(29(42)27-31-21(13-15-45(31)7)20-46(32(27)35)39(50)54-40(4,5)6)18-22-19-24-30(43-14-10-3)34-28(38(44-55-34)53-17-12-9-2)37(49)41(24,51)36(48)25(22)33(26)47/h10,21-22,24,30-31,43,48,51H,3,8-9,11-20H2,1-2,4-7H3/t21?,22-,24-,30-,31?,41-/m0/s1. The van der Waals surface area contributed by atoms with Gasteiger partial charge in [-0.15, -0.1) is 6.58 Å². The minimum atomic E-state index is -2.57. The number of aliphatic hydroxyl groups is 2. The number of fused-ring (bicyclic) bond motifs is 7. The Morgan fingerprint density at radius 2 is 1.87 bits per heavy atom. The van der Waals surface area contributed by atoms with Crippen molar-refractivity contribution in [2.75, 3.05) is 44.8 Å². The van der Waals surface area contributed by atoms with E-state index >= 15 is 9.18 Å². The Balaban J connectivity index is 1.42. The van der Waals surface area contributed by atoms with E-state index in [1.165, 1.54) is 4.90 Å². The second kappa shape index (κ2) is 14.7. The van der Waals surface area contributed by atoms with Crippen molar-refractivity contribution < 1.29 is 47.7 Å². The van der Waals surface area contributed by atoms with E-state index in [0.29, 0.717) is 19.4 Å². The van der Waals surface area contributed by atoms with Crippen LogP contribution in [0.3, 0.4) is 0 Å². The Kier molecular flexibility index (Phi) is 10.4. The molecule has 1 aromatic heterocycles. The SMILES string of the molecule is C=CCN[C@@H]1c2onc(OCCCC)c2C(=O)[C@@]2(O)C(O)=C3C(=O)c4c(c(F)c5c(c4OCCCC)N(C(=O)OC(C)(C)C)CC4CCN(C)C54)C[C@H]3C[C@@H]12. The van der Waals surface area contributed by atoms with Gasteiger partial charge in [0.2, 0.25) is 5.78 Å². The van der Waals surface area contributed by atoms with Gasteiger partial charge in [0.25, 0.3) is 5.88 Å². The Morgan fingerprint density at radius 1 is 1.16 bits per heavy atom. The Morgan fingerprint density at radius 3 is 2.55 bits per heavy atom. The number of carbonyl (C=O) groups is 3. The molecule has 1 amide bonds. The molecule has 7 rings (SSSR count). The van der Waals surface area contributed by atoms with Crippen molar-refractivity contribution in [1.82, 2.24) is 15.4 Å². The van der Waals surface area contributed by atoms with Gasteiger partial charge in [-0.3, -0.25) is 19.4 Å². The van der Waals surface area contributed by atoms with Crippen LogP contribution < -0.4 is 19.7 Å². The zero-order valence-corrected chi connectivity index (χ0v) is 32.6. The molecule has 2 unspecified atom stereocenters. The monoisotopic (exact) mass is 764 g/mol. The summed E-state index contributed by atoms with van der Waals surface area (Å²) in [6.07, 6.45) is 4.53. The lowest BCUT2D eigenvalue weighted by Crippen LogP contribution is -2.59. The van der Waals surface area contributed by atoms with Gasteiger partial charge in [0.15, 0.2) is 22.9 Å².